The number of hydrogen-bond donors (Lipinski definition) is 1. The lowest BCUT2D eigenvalue weighted by atomic mass is 10.2. The Kier molecular flexibility index (Phi) is 1.55. The Labute approximate surface area is 69.5 Å². The minimum Gasteiger partial charge on any atom is -0.381 e. The van der Waals surface area contributed by atoms with E-state index in [1.54, 1.807) is 23.3 Å². The average molecular weight is 164 g/mol. The number of rotatable bonds is 0. The molecule has 0 bridgehead atoms. The van der Waals surface area contributed by atoms with Crippen LogP contribution in [0.15, 0.2) is 29.4 Å². The van der Waals surface area contributed by atoms with Crippen LogP contribution in [-0.4, -0.2) is 34.4 Å². The first-order valence-corrected chi connectivity index (χ1v) is 3.69. The minimum absolute atomic E-state index is 0.304. The highest BCUT2D eigenvalue weighted by molar-refractivity contribution is 6.05. The minimum atomic E-state index is -0.982. The fraction of sp³-hybridized carbons (Fsp3) is 0.250. The Morgan fingerprint density at radius 3 is 3.25 bits per heavy atom. The summed E-state index contributed by atoms with van der Waals surface area (Å²) in [5.41, 5.74) is 0. The highest BCUT2D eigenvalue weighted by Gasteiger charge is 2.25. The lowest BCUT2D eigenvalue weighted by Crippen LogP contribution is -2.42. The number of hydrogen-bond acceptors (Lipinski definition) is 3. The van der Waals surface area contributed by atoms with Crippen molar-refractivity contribution >= 4 is 11.7 Å². The Morgan fingerprint density at radius 2 is 2.42 bits per heavy atom. The zero-order chi connectivity index (χ0) is 8.55. The highest BCUT2D eigenvalue weighted by Crippen LogP contribution is 2.09. The maximum absolute atomic E-state index is 10.9. The molecule has 2 heterocycles. The van der Waals surface area contributed by atoms with Gasteiger partial charge >= 0.3 is 0 Å². The van der Waals surface area contributed by atoms with Crippen LogP contribution in [0.2, 0.25) is 0 Å². The molecular weight excluding hydrogens is 156 g/mol. The molecule has 2 rings (SSSR count). The molecule has 0 fully saturated rings. The molecule has 0 aromatic heterocycles. The largest absolute Gasteiger partial charge is 0.381 e. The fourth-order valence-corrected chi connectivity index (χ4v) is 1.18. The van der Waals surface area contributed by atoms with Gasteiger partial charge in [-0.25, -0.2) is 0 Å². The van der Waals surface area contributed by atoms with E-state index in [1.165, 1.54) is 0 Å². The first-order valence-electron chi connectivity index (χ1n) is 3.69. The van der Waals surface area contributed by atoms with Gasteiger partial charge in [0.2, 0.25) is 0 Å². The Bertz CT molecular complexity index is 304. The van der Waals surface area contributed by atoms with Crippen LogP contribution in [0.4, 0.5) is 0 Å². The number of aliphatic hydroxyl groups is 1. The number of carbonyl (C=O) groups excluding carboxylic acids is 1. The number of amides is 1. The van der Waals surface area contributed by atoms with Crippen molar-refractivity contribution in [2.45, 2.75) is 6.10 Å². The summed E-state index contributed by atoms with van der Waals surface area (Å²) in [5, 5.41) is 9.16. The van der Waals surface area contributed by atoms with Gasteiger partial charge in [-0.2, -0.15) is 4.99 Å². The maximum Gasteiger partial charge on any atom is 0.278 e. The van der Waals surface area contributed by atoms with Gasteiger partial charge in [0.1, 0.15) is 5.84 Å². The lowest BCUT2D eigenvalue weighted by molar-refractivity contribution is -0.126. The molecule has 62 valence electrons. The van der Waals surface area contributed by atoms with Gasteiger partial charge < -0.3 is 10.0 Å². The van der Waals surface area contributed by atoms with Crippen LogP contribution in [0.25, 0.3) is 0 Å². The van der Waals surface area contributed by atoms with E-state index in [1.807, 2.05) is 6.08 Å². The summed E-state index contributed by atoms with van der Waals surface area (Å²) in [5.74, 6) is 0.147. The predicted molar refractivity (Wildman–Crippen MR) is 43.4 cm³/mol. The van der Waals surface area contributed by atoms with Crippen molar-refractivity contribution in [3.05, 3.63) is 24.4 Å². The molecule has 2 aliphatic rings. The van der Waals surface area contributed by atoms with Gasteiger partial charge in [-0.3, -0.25) is 4.79 Å². The van der Waals surface area contributed by atoms with Crippen LogP contribution in [0.5, 0.6) is 0 Å². The predicted octanol–water partition coefficient (Wildman–Crippen LogP) is -0.328. The lowest BCUT2D eigenvalue weighted by Gasteiger charge is -2.27. The first-order chi connectivity index (χ1) is 5.77. The van der Waals surface area contributed by atoms with Gasteiger partial charge in [0.05, 0.1) is 6.54 Å². The molecule has 0 unspecified atom stereocenters. The van der Waals surface area contributed by atoms with Gasteiger partial charge in [0.15, 0.2) is 6.10 Å². The van der Waals surface area contributed by atoms with Gasteiger partial charge in [0, 0.05) is 6.20 Å². The summed E-state index contributed by atoms with van der Waals surface area (Å²) in [6.07, 6.45) is 6.19. The molecule has 4 heteroatoms. The molecule has 12 heavy (non-hydrogen) atoms. The highest BCUT2D eigenvalue weighted by atomic mass is 16.3. The maximum atomic E-state index is 10.9. The average Bonchev–Trinajstić information content (AvgIpc) is 2.07. The molecular formula is C8H8N2O2. The van der Waals surface area contributed by atoms with E-state index in [0.29, 0.717) is 12.4 Å². The number of aliphatic imine (C=N–C) groups is 1. The Hall–Kier alpha value is -1.42. The molecule has 4 nitrogen and oxygen atoms in total. The quantitative estimate of drug-likeness (QED) is 0.533. The summed E-state index contributed by atoms with van der Waals surface area (Å²) in [6.45, 7) is 0.304. The Morgan fingerprint density at radius 1 is 1.58 bits per heavy atom. The summed E-state index contributed by atoms with van der Waals surface area (Å²) in [4.78, 5) is 16.4. The topological polar surface area (TPSA) is 52.9 Å². The normalized spacial score (nSPS) is 27.1. The molecule has 0 aromatic rings. The van der Waals surface area contributed by atoms with Gasteiger partial charge in [-0.1, -0.05) is 6.08 Å². The standard InChI is InChI=1S/C8H8N2O2/c11-6-5-10-4-2-1-3-7(10)9-8(6)12/h1-4,6,11H,5H2/t6-/m0/s1. The van der Waals surface area contributed by atoms with Gasteiger partial charge in [0.25, 0.3) is 5.91 Å². The van der Waals surface area contributed by atoms with Gasteiger partial charge in [-0.05, 0) is 12.2 Å². The summed E-state index contributed by atoms with van der Waals surface area (Å²) >= 11 is 0. The van der Waals surface area contributed by atoms with Crippen molar-refractivity contribution in [2.75, 3.05) is 6.54 Å². The third-order valence-corrected chi connectivity index (χ3v) is 1.80. The van der Waals surface area contributed by atoms with Crippen LogP contribution < -0.4 is 0 Å². The number of carbonyl (C=O) groups is 1. The van der Waals surface area contributed by atoms with Crippen LogP contribution in [0.1, 0.15) is 0 Å². The summed E-state index contributed by atoms with van der Waals surface area (Å²) < 4.78 is 0. The van der Waals surface area contributed by atoms with Crippen molar-refractivity contribution in [1.82, 2.24) is 4.90 Å². The molecule has 0 radical (unpaired) electrons. The molecule has 1 amide bonds. The smallest absolute Gasteiger partial charge is 0.278 e. The fourth-order valence-electron chi connectivity index (χ4n) is 1.18. The molecule has 0 saturated carbocycles. The SMILES string of the molecule is O=C1N=C2C=CC=CN2C[C@@H]1O. The first kappa shape index (κ1) is 7.24. The number of fused-ring (bicyclic) bond motifs is 1. The molecule has 0 saturated heterocycles. The second kappa shape index (κ2) is 2.57. The van der Waals surface area contributed by atoms with Crippen LogP contribution in [-0.2, 0) is 4.79 Å². The molecule has 0 spiro atoms. The van der Waals surface area contributed by atoms with E-state index in [0.717, 1.165) is 0 Å². The second-order valence-corrected chi connectivity index (χ2v) is 2.68. The third kappa shape index (κ3) is 1.06. The van der Waals surface area contributed by atoms with Crippen molar-refractivity contribution < 1.29 is 9.90 Å². The molecule has 2 aliphatic heterocycles. The second-order valence-electron chi connectivity index (χ2n) is 2.68. The van der Waals surface area contributed by atoms with E-state index >= 15 is 0 Å². The number of allylic oxidation sites excluding steroid dienone is 2. The van der Waals surface area contributed by atoms with Crippen molar-refractivity contribution in [2.24, 2.45) is 4.99 Å². The van der Waals surface area contributed by atoms with E-state index < -0.39 is 12.0 Å². The van der Waals surface area contributed by atoms with Crippen molar-refractivity contribution in [3.8, 4) is 0 Å². The van der Waals surface area contributed by atoms with E-state index in [9.17, 15) is 4.79 Å². The molecule has 0 aliphatic carbocycles. The molecule has 1 N–H and O–H groups in total. The number of nitrogens with zero attached hydrogens (tertiary/aromatic N) is 2. The van der Waals surface area contributed by atoms with Crippen LogP contribution >= 0.6 is 0 Å². The third-order valence-electron chi connectivity index (χ3n) is 1.80. The number of aliphatic hydroxyl groups excluding tert-OH is 1. The van der Waals surface area contributed by atoms with E-state index in [4.69, 9.17) is 5.11 Å². The molecule has 1 atom stereocenters. The monoisotopic (exact) mass is 164 g/mol. The van der Waals surface area contributed by atoms with Crippen molar-refractivity contribution in [1.29, 1.82) is 0 Å². The summed E-state index contributed by atoms with van der Waals surface area (Å²) in [6, 6.07) is 0. The van der Waals surface area contributed by atoms with Gasteiger partial charge in [-0.15, -0.1) is 0 Å². The van der Waals surface area contributed by atoms with E-state index in [2.05, 4.69) is 4.99 Å². The van der Waals surface area contributed by atoms with Crippen molar-refractivity contribution in [3.63, 3.8) is 0 Å². The zero-order valence-electron chi connectivity index (χ0n) is 6.34. The Balaban J connectivity index is 2.33. The van der Waals surface area contributed by atoms with Crippen LogP contribution in [0, 0.1) is 0 Å². The van der Waals surface area contributed by atoms with Crippen LogP contribution in [0.3, 0.4) is 0 Å². The number of amidine groups is 1. The summed E-state index contributed by atoms with van der Waals surface area (Å²) in [7, 11) is 0. The van der Waals surface area contributed by atoms with E-state index in [-0.39, 0.29) is 0 Å². The molecule has 0 aromatic carbocycles. The zero-order valence-corrected chi connectivity index (χ0v) is 6.34.